The molecule has 1 atom stereocenters. The first-order valence-corrected chi connectivity index (χ1v) is 5.87. The molecular formula is C13H16ClNO3. The molecule has 0 saturated carbocycles. The second kappa shape index (κ2) is 7.03. The van der Waals surface area contributed by atoms with Crippen LogP contribution < -0.4 is 10.1 Å². The van der Waals surface area contributed by atoms with Crippen molar-refractivity contribution in [3.8, 4) is 5.75 Å². The standard InChI is InChI=1S/C13H16ClNO3/c1-9(8-16)15-13(17)6-3-10-7-11(14)4-5-12(10)18-2/h3-7,9,16H,8H2,1-2H3,(H,15,17)/b6-3+. The topological polar surface area (TPSA) is 58.6 Å². The molecule has 0 aromatic heterocycles. The molecule has 0 heterocycles. The zero-order valence-electron chi connectivity index (χ0n) is 10.3. The van der Waals surface area contributed by atoms with Gasteiger partial charge in [-0.25, -0.2) is 0 Å². The number of amides is 1. The van der Waals surface area contributed by atoms with Crippen molar-refractivity contribution in [2.24, 2.45) is 0 Å². The molecule has 1 rings (SSSR count). The van der Waals surface area contributed by atoms with Gasteiger partial charge in [0.15, 0.2) is 0 Å². The first-order valence-electron chi connectivity index (χ1n) is 5.49. The number of benzene rings is 1. The fourth-order valence-corrected chi connectivity index (χ4v) is 1.52. The zero-order chi connectivity index (χ0) is 13.5. The van der Waals surface area contributed by atoms with Crippen LogP contribution in [-0.4, -0.2) is 30.8 Å². The van der Waals surface area contributed by atoms with Crippen LogP contribution in [0.1, 0.15) is 12.5 Å². The van der Waals surface area contributed by atoms with E-state index in [0.29, 0.717) is 10.8 Å². The first kappa shape index (κ1) is 14.5. The number of aliphatic hydroxyl groups is 1. The number of rotatable bonds is 5. The molecule has 1 amide bonds. The zero-order valence-corrected chi connectivity index (χ0v) is 11.1. The van der Waals surface area contributed by atoms with E-state index in [9.17, 15) is 4.79 Å². The number of hydrogen-bond donors (Lipinski definition) is 2. The van der Waals surface area contributed by atoms with Gasteiger partial charge in [-0.05, 0) is 31.2 Å². The monoisotopic (exact) mass is 269 g/mol. The van der Waals surface area contributed by atoms with Crippen LogP contribution in [0.15, 0.2) is 24.3 Å². The summed E-state index contributed by atoms with van der Waals surface area (Å²) >= 11 is 5.87. The number of hydrogen-bond acceptors (Lipinski definition) is 3. The van der Waals surface area contributed by atoms with E-state index in [4.69, 9.17) is 21.4 Å². The molecule has 1 aromatic rings. The Kier molecular flexibility index (Phi) is 5.68. The molecule has 0 spiro atoms. The van der Waals surface area contributed by atoms with E-state index in [-0.39, 0.29) is 18.6 Å². The van der Waals surface area contributed by atoms with Crippen molar-refractivity contribution >= 4 is 23.6 Å². The van der Waals surface area contributed by atoms with Gasteiger partial charge < -0.3 is 15.2 Å². The molecule has 18 heavy (non-hydrogen) atoms. The van der Waals surface area contributed by atoms with Crippen molar-refractivity contribution in [3.05, 3.63) is 34.9 Å². The Balaban J connectivity index is 2.77. The van der Waals surface area contributed by atoms with Crippen LogP contribution in [-0.2, 0) is 4.79 Å². The van der Waals surface area contributed by atoms with Gasteiger partial charge in [0.1, 0.15) is 5.75 Å². The van der Waals surface area contributed by atoms with Gasteiger partial charge in [-0.1, -0.05) is 11.6 Å². The highest BCUT2D eigenvalue weighted by Crippen LogP contribution is 2.23. The molecule has 4 nitrogen and oxygen atoms in total. The lowest BCUT2D eigenvalue weighted by Gasteiger charge is -2.08. The molecule has 98 valence electrons. The number of halogens is 1. The van der Waals surface area contributed by atoms with Crippen LogP contribution >= 0.6 is 11.6 Å². The Morgan fingerprint density at radius 3 is 2.94 bits per heavy atom. The van der Waals surface area contributed by atoms with E-state index in [1.165, 1.54) is 6.08 Å². The lowest BCUT2D eigenvalue weighted by Crippen LogP contribution is -2.33. The average Bonchev–Trinajstić information content (AvgIpc) is 2.36. The molecular weight excluding hydrogens is 254 g/mol. The summed E-state index contributed by atoms with van der Waals surface area (Å²) in [6, 6.07) is 4.88. The van der Waals surface area contributed by atoms with E-state index < -0.39 is 0 Å². The van der Waals surface area contributed by atoms with Crippen molar-refractivity contribution in [1.82, 2.24) is 5.32 Å². The Bertz CT molecular complexity index is 446. The molecule has 0 fully saturated rings. The SMILES string of the molecule is COc1ccc(Cl)cc1/C=C/C(=O)NC(C)CO. The summed E-state index contributed by atoms with van der Waals surface area (Å²) in [4.78, 5) is 11.5. The molecule has 0 radical (unpaired) electrons. The summed E-state index contributed by atoms with van der Waals surface area (Å²) in [6.07, 6.45) is 2.99. The van der Waals surface area contributed by atoms with Gasteiger partial charge in [0.05, 0.1) is 13.7 Å². The number of ether oxygens (including phenoxy) is 1. The van der Waals surface area contributed by atoms with E-state index in [2.05, 4.69) is 5.32 Å². The van der Waals surface area contributed by atoms with Crippen LogP contribution in [0.4, 0.5) is 0 Å². The molecule has 0 aliphatic heterocycles. The third-order valence-electron chi connectivity index (χ3n) is 2.27. The smallest absolute Gasteiger partial charge is 0.244 e. The van der Waals surface area contributed by atoms with Crippen LogP contribution in [0.2, 0.25) is 5.02 Å². The highest BCUT2D eigenvalue weighted by Gasteiger charge is 2.04. The normalized spacial score (nSPS) is 12.4. The number of carbonyl (C=O) groups is 1. The largest absolute Gasteiger partial charge is 0.496 e. The van der Waals surface area contributed by atoms with E-state index in [1.807, 2.05) is 0 Å². The Hall–Kier alpha value is -1.52. The summed E-state index contributed by atoms with van der Waals surface area (Å²) < 4.78 is 5.15. The van der Waals surface area contributed by atoms with Gasteiger partial charge in [-0.3, -0.25) is 4.79 Å². The van der Waals surface area contributed by atoms with Crippen LogP contribution in [0.25, 0.3) is 6.08 Å². The third kappa shape index (κ3) is 4.39. The molecule has 5 heteroatoms. The fraction of sp³-hybridized carbons (Fsp3) is 0.308. The number of carbonyl (C=O) groups excluding carboxylic acids is 1. The second-order valence-electron chi connectivity index (χ2n) is 3.81. The van der Waals surface area contributed by atoms with Gasteiger partial charge >= 0.3 is 0 Å². The number of nitrogens with one attached hydrogen (secondary N) is 1. The Labute approximate surface area is 111 Å². The predicted molar refractivity (Wildman–Crippen MR) is 71.7 cm³/mol. The Morgan fingerprint density at radius 1 is 1.61 bits per heavy atom. The van der Waals surface area contributed by atoms with Crippen molar-refractivity contribution in [1.29, 1.82) is 0 Å². The number of aliphatic hydroxyl groups excluding tert-OH is 1. The molecule has 0 saturated heterocycles. The summed E-state index contributed by atoms with van der Waals surface area (Å²) in [5.74, 6) is 0.359. The average molecular weight is 270 g/mol. The van der Waals surface area contributed by atoms with E-state index in [0.717, 1.165) is 5.56 Å². The molecule has 1 aromatic carbocycles. The maximum Gasteiger partial charge on any atom is 0.244 e. The molecule has 0 aliphatic carbocycles. The first-order chi connectivity index (χ1) is 8.56. The van der Waals surface area contributed by atoms with Gasteiger partial charge in [-0.15, -0.1) is 0 Å². The van der Waals surface area contributed by atoms with Gasteiger partial charge in [0, 0.05) is 22.7 Å². The third-order valence-corrected chi connectivity index (χ3v) is 2.50. The highest BCUT2D eigenvalue weighted by atomic mass is 35.5. The summed E-state index contributed by atoms with van der Waals surface area (Å²) in [7, 11) is 1.55. The van der Waals surface area contributed by atoms with Crippen molar-refractivity contribution < 1.29 is 14.6 Å². The minimum Gasteiger partial charge on any atom is -0.496 e. The summed E-state index contributed by atoms with van der Waals surface area (Å²) in [5.41, 5.74) is 0.719. The molecule has 0 aliphatic rings. The van der Waals surface area contributed by atoms with Crippen molar-refractivity contribution in [2.45, 2.75) is 13.0 Å². The van der Waals surface area contributed by atoms with Crippen LogP contribution in [0, 0.1) is 0 Å². The lowest BCUT2D eigenvalue weighted by atomic mass is 10.2. The predicted octanol–water partition coefficient (Wildman–Crippen LogP) is 1.86. The maximum atomic E-state index is 11.5. The lowest BCUT2D eigenvalue weighted by molar-refractivity contribution is -0.117. The van der Waals surface area contributed by atoms with Gasteiger partial charge in [0.2, 0.25) is 5.91 Å². The van der Waals surface area contributed by atoms with Crippen molar-refractivity contribution in [3.63, 3.8) is 0 Å². The summed E-state index contributed by atoms with van der Waals surface area (Å²) in [5, 5.41) is 12.0. The molecule has 1 unspecified atom stereocenters. The minimum absolute atomic E-state index is 0.0972. The minimum atomic E-state index is -0.279. The van der Waals surface area contributed by atoms with Crippen molar-refractivity contribution in [2.75, 3.05) is 13.7 Å². The highest BCUT2D eigenvalue weighted by molar-refractivity contribution is 6.30. The van der Waals surface area contributed by atoms with Crippen LogP contribution in [0.5, 0.6) is 5.75 Å². The van der Waals surface area contributed by atoms with E-state index in [1.54, 1.807) is 38.3 Å². The second-order valence-corrected chi connectivity index (χ2v) is 4.25. The fourth-order valence-electron chi connectivity index (χ4n) is 1.34. The van der Waals surface area contributed by atoms with E-state index >= 15 is 0 Å². The van der Waals surface area contributed by atoms with Crippen LogP contribution in [0.3, 0.4) is 0 Å². The van der Waals surface area contributed by atoms with Gasteiger partial charge in [-0.2, -0.15) is 0 Å². The summed E-state index contributed by atoms with van der Waals surface area (Å²) in [6.45, 7) is 1.62. The van der Waals surface area contributed by atoms with Gasteiger partial charge in [0.25, 0.3) is 0 Å². The quantitative estimate of drug-likeness (QED) is 0.802. The molecule has 0 bridgehead atoms. The molecule has 2 N–H and O–H groups in total. The Morgan fingerprint density at radius 2 is 2.33 bits per heavy atom. The maximum absolute atomic E-state index is 11.5. The number of methoxy groups -OCH3 is 1.